The van der Waals surface area contributed by atoms with Crippen molar-refractivity contribution >= 4 is 21.6 Å². The molecule has 0 aliphatic rings. The summed E-state index contributed by atoms with van der Waals surface area (Å²) in [6.07, 6.45) is 10.1. The first-order valence-corrected chi connectivity index (χ1v) is 11.9. The van der Waals surface area contributed by atoms with Gasteiger partial charge in [-0.25, -0.2) is 8.78 Å². The van der Waals surface area contributed by atoms with Crippen LogP contribution in [-0.4, -0.2) is 16.9 Å². The Morgan fingerprint density at radius 2 is 1.26 bits per heavy atom. The van der Waals surface area contributed by atoms with Gasteiger partial charge in [-0.3, -0.25) is 0 Å². The molecule has 0 radical (unpaired) electrons. The van der Waals surface area contributed by atoms with Crippen LogP contribution < -0.4 is 0 Å². The van der Waals surface area contributed by atoms with E-state index in [1.807, 2.05) is 0 Å². The Bertz CT molecular complexity index is 236. The molecule has 0 aromatic carbocycles. The van der Waals surface area contributed by atoms with Gasteiger partial charge in [-0.05, 0) is 18.8 Å². The fourth-order valence-corrected chi connectivity index (χ4v) is 5.67. The van der Waals surface area contributed by atoms with E-state index < -0.39 is 6.43 Å². The summed E-state index contributed by atoms with van der Waals surface area (Å²) in [5.74, 6) is 0.467. The van der Waals surface area contributed by atoms with Crippen LogP contribution >= 0.6 is 21.6 Å². The Morgan fingerprint density at radius 1 is 0.739 bits per heavy atom. The molecule has 0 aromatic heterocycles. The molecule has 0 rings (SSSR count). The molecule has 0 aliphatic heterocycles. The van der Waals surface area contributed by atoms with Crippen molar-refractivity contribution < 1.29 is 8.78 Å². The monoisotopic (exact) mass is 368 g/mol. The Balaban J connectivity index is 4.53. The fraction of sp³-hybridized carbons (Fsp3) is 1.00. The molecule has 1 atom stereocenters. The van der Waals surface area contributed by atoms with E-state index in [4.69, 9.17) is 0 Å². The quantitative estimate of drug-likeness (QED) is 0.198. The summed E-state index contributed by atoms with van der Waals surface area (Å²) in [6, 6.07) is 0. The van der Waals surface area contributed by atoms with Crippen LogP contribution in [0.4, 0.5) is 8.78 Å². The lowest BCUT2D eigenvalue weighted by Crippen LogP contribution is -2.20. The molecule has 4 heteroatoms. The minimum absolute atomic E-state index is 0.0661. The average molecular weight is 369 g/mol. The normalized spacial score (nSPS) is 13.4. The van der Waals surface area contributed by atoms with E-state index in [0.29, 0.717) is 11.2 Å². The highest BCUT2D eigenvalue weighted by atomic mass is 33.1. The van der Waals surface area contributed by atoms with Crippen LogP contribution in [0.2, 0.25) is 0 Å². The maximum absolute atomic E-state index is 13.0. The van der Waals surface area contributed by atoms with Gasteiger partial charge in [0.1, 0.15) is 0 Å². The molecule has 0 heterocycles. The van der Waals surface area contributed by atoms with E-state index in [1.165, 1.54) is 51.4 Å². The lowest BCUT2D eigenvalue weighted by Gasteiger charge is -2.27. The molecule has 0 amide bonds. The van der Waals surface area contributed by atoms with Crippen LogP contribution in [0, 0.1) is 5.92 Å². The molecular weight excluding hydrogens is 330 g/mol. The molecule has 0 spiro atoms. The van der Waals surface area contributed by atoms with Crippen LogP contribution in [0.3, 0.4) is 0 Å². The summed E-state index contributed by atoms with van der Waals surface area (Å²) < 4.78 is 26.1. The van der Waals surface area contributed by atoms with E-state index in [-0.39, 0.29) is 11.7 Å². The minimum Gasteiger partial charge on any atom is -0.210 e. The highest BCUT2D eigenvalue weighted by Gasteiger charge is 2.25. The number of alkyl halides is 2. The zero-order chi connectivity index (χ0) is 17.5. The highest BCUT2D eigenvalue weighted by molar-refractivity contribution is 8.77. The van der Waals surface area contributed by atoms with Crippen molar-refractivity contribution in [1.82, 2.24) is 0 Å². The van der Waals surface area contributed by atoms with Crippen LogP contribution in [0.15, 0.2) is 0 Å². The first kappa shape index (κ1) is 23.6. The molecule has 0 saturated carbocycles. The van der Waals surface area contributed by atoms with Crippen molar-refractivity contribution in [2.75, 3.05) is 0 Å². The van der Waals surface area contributed by atoms with Gasteiger partial charge in [0, 0.05) is 16.9 Å². The van der Waals surface area contributed by atoms with Crippen LogP contribution in [0.5, 0.6) is 0 Å². The molecule has 0 aliphatic carbocycles. The molecular formula is C19H38F2S2. The van der Waals surface area contributed by atoms with Gasteiger partial charge in [0.15, 0.2) is 0 Å². The van der Waals surface area contributed by atoms with Crippen LogP contribution in [0.1, 0.15) is 98.3 Å². The number of hydrogen-bond donors (Lipinski definition) is 0. The molecule has 23 heavy (non-hydrogen) atoms. The van der Waals surface area contributed by atoms with Gasteiger partial charge < -0.3 is 0 Å². The van der Waals surface area contributed by atoms with Crippen molar-refractivity contribution in [2.45, 2.75) is 115 Å². The molecule has 0 N–H and O–H groups in total. The molecule has 140 valence electrons. The van der Waals surface area contributed by atoms with Gasteiger partial charge in [0.2, 0.25) is 6.43 Å². The third-order valence-electron chi connectivity index (χ3n) is 4.16. The van der Waals surface area contributed by atoms with E-state index in [2.05, 4.69) is 27.7 Å². The highest BCUT2D eigenvalue weighted by Crippen LogP contribution is 2.40. The predicted octanol–water partition coefficient (Wildman–Crippen LogP) is 8.36. The fourth-order valence-electron chi connectivity index (χ4n) is 2.85. The molecule has 0 saturated heterocycles. The smallest absolute Gasteiger partial charge is 0.210 e. The third kappa shape index (κ3) is 14.6. The summed E-state index contributed by atoms with van der Waals surface area (Å²) in [4.78, 5) is 0. The Labute approximate surface area is 151 Å². The Morgan fingerprint density at radius 3 is 1.65 bits per heavy atom. The number of rotatable bonds is 16. The first-order valence-electron chi connectivity index (χ1n) is 9.61. The van der Waals surface area contributed by atoms with E-state index >= 15 is 0 Å². The van der Waals surface area contributed by atoms with E-state index in [0.717, 1.165) is 12.8 Å². The summed E-state index contributed by atoms with van der Waals surface area (Å²) in [5, 5.41) is 0.617. The number of unbranched alkanes of at least 4 members (excludes halogenated alkanes) is 6. The van der Waals surface area contributed by atoms with Crippen molar-refractivity contribution in [1.29, 1.82) is 0 Å². The van der Waals surface area contributed by atoms with Crippen molar-refractivity contribution in [2.24, 2.45) is 5.92 Å². The maximum Gasteiger partial charge on any atom is 0.239 e. The topological polar surface area (TPSA) is 0 Å². The van der Waals surface area contributed by atoms with Gasteiger partial charge >= 0.3 is 0 Å². The first-order chi connectivity index (χ1) is 11.0. The molecule has 0 fully saturated rings. The minimum atomic E-state index is -2.17. The summed E-state index contributed by atoms with van der Waals surface area (Å²) in [7, 11) is 3.51. The van der Waals surface area contributed by atoms with Crippen molar-refractivity contribution in [3.05, 3.63) is 0 Å². The standard InChI is InChI=1S/C19H38F2S2/c1-5-7-9-11-13-17(14-12-10-8-6-2)18(15-19(20)21)23-22-16(3)4/h16-19H,5-15H2,1-4H3/t18-/m1/s1. The predicted molar refractivity (Wildman–Crippen MR) is 106 cm³/mol. The summed E-state index contributed by atoms with van der Waals surface area (Å²) in [6.45, 7) is 8.73. The largest absolute Gasteiger partial charge is 0.239 e. The molecule has 0 nitrogen and oxygen atoms in total. The second kappa shape index (κ2) is 16.1. The molecule has 0 bridgehead atoms. The van der Waals surface area contributed by atoms with Gasteiger partial charge in [0.25, 0.3) is 0 Å². The second-order valence-corrected chi connectivity index (χ2v) is 9.95. The lowest BCUT2D eigenvalue weighted by molar-refractivity contribution is 0.128. The molecule has 0 aromatic rings. The van der Waals surface area contributed by atoms with Crippen molar-refractivity contribution in [3.63, 3.8) is 0 Å². The Hall–Kier alpha value is 0.560. The second-order valence-electron chi connectivity index (χ2n) is 6.87. The van der Waals surface area contributed by atoms with Gasteiger partial charge in [-0.15, -0.1) is 0 Å². The van der Waals surface area contributed by atoms with Crippen LogP contribution in [-0.2, 0) is 0 Å². The lowest BCUT2D eigenvalue weighted by atomic mass is 9.90. The third-order valence-corrected chi connectivity index (χ3v) is 7.71. The van der Waals surface area contributed by atoms with E-state index in [1.54, 1.807) is 21.6 Å². The maximum atomic E-state index is 13.0. The SMILES string of the molecule is CCCCCCC(CCCCCC)[C@@H](CC(F)F)SSC(C)C. The Kier molecular flexibility index (Phi) is 16.4. The van der Waals surface area contributed by atoms with E-state index in [9.17, 15) is 8.78 Å². The summed E-state index contributed by atoms with van der Waals surface area (Å²) in [5.41, 5.74) is 0. The summed E-state index contributed by atoms with van der Waals surface area (Å²) >= 11 is 0. The average Bonchev–Trinajstić information content (AvgIpc) is 2.49. The zero-order valence-corrected chi connectivity index (χ0v) is 17.3. The zero-order valence-electron chi connectivity index (χ0n) is 15.7. The van der Waals surface area contributed by atoms with Gasteiger partial charge in [-0.2, -0.15) is 0 Å². The van der Waals surface area contributed by atoms with Crippen LogP contribution in [0.25, 0.3) is 0 Å². The van der Waals surface area contributed by atoms with Crippen molar-refractivity contribution in [3.8, 4) is 0 Å². The number of hydrogen-bond acceptors (Lipinski definition) is 2. The molecule has 0 unspecified atom stereocenters. The van der Waals surface area contributed by atoms with Gasteiger partial charge in [-0.1, -0.05) is 101 Å². The number of halogens is 2. The van der Waals surface area contributed by atoms with Gasteiger partial charge in [0.05, 0.1) is 0 Å².